The lowest BCUT2D eigenvalue weighted by Crippen LogP contribution is -2.47. The molecule has 1 saturated heterocycles. The number of hydrogen-bond donors (Lipinski definition) is 1. The molecule has 19 heavy (non-hydrogen) atoms. The van der Waals surface area contributed by atoms with Crippen molar-refractivity contribution in [1.82, 2.24) is 5.32 Å². The fourth-order valence-electron chi connectivity index (χ4n) is 2.40. The summed E-state index contributed by atoms with van der Waals surface area (Å²) in [6.07, 6.45) is 0.522. The molecule has 104 valence electrons. The van der Waals surface area contributed by atoms with Crippen LogP contribution >= 0.6 is 0 Å². The number of ether oxygens (including phenoxy) is 1. The van der Waals surface area contributed by atoms with Gasteiger partial charge in [0.15, 0.2) is 0 Å². The number of carbonyl (C=O) groups excluding carboxylic acids is 1. The maximum atomic E-state index is 12.4. The average Bonchev–Trinajstić information content (AvgIpc) is 2.39. The summed E-state index contributed by atoms with van der Waals surface area (Å²) in [6.45, 7) is 6.67. The Labute approximate surface area is 114 Å². The predicted octanol–water partition coefficient (Wildman–Crippen LogP) is 2.05. The van der Waals surface area contributed by atoms with Crippen molar-refractivity contribution in [2.24, 2.45) is 5.41 Å². The highest BCUT2D eigenvalue weighted by atomic mass is 16.5. The molecular formula is C15H22N2O2. The van der Waals surface area contributed by atoms with Crippen LogP contribution < -0.4 is 15.0 Å². The summed E-state index contributed by atoms with van der Waals surface area (Å²) in [5.74, 6) is 0.893. The van der Waals surface area contributed by atoms with Gasteiger partial charge in [0.05, 0.1) is 12.8 Å². The molecule has 0 spiro atoms. The van der Waals surface area contributed by atoms with Crippen molar-refractivity contribution in [3.8, 4) is 5.75 Å². The summed E-state index contributed by atoms with van der Waals surface area (Å²) in [5.41, 5.74) is 0.904. The molecule has 1 aliphatic rings. The molecule has 4 nitrogen and oxygen atoms in total. The molecule has 0 bridgehead atoms. The quantitative estimate of drug-likeness (QED) is 0.887. The molecule has 0 aromatic heterocycles. The van der Waals surface area contributed by atoms with Crippen LogP contribution in [0, 0.1) is 5.41 Å². The first-order valence-electron chi connectivity index (χ1n) is 6.68. The fourth-order valence-corrected chi connectivity index (χ4v) is 2.40. The van der Waals surface area contributed by atoms with E-state index in [-0.39, 0.29) is 11.3 Å². The van der Waals surface area contributed by atoms with Crippen molar-refractivity contribution in [1.29, 1.82) is 0 Å². The number of methoxy groups -OCH3 is 1. The molecule has 0 aliphatic carbocycles. The van der Waals surface area contributed by atoms with Crippen LogP contribution in [-0.2, 0) is 4.79 Å². The van der Waals surface area contributed by atoms with E-state index >= 15 is 0 Å². The molecule has 0 saturated carbocycles. The topological polar surface area (TPSA) is 41.6 Å². The molecule has 1 heterocycles. The third kappa shape index (κ3) is 3.26. The monoisotopic (exact) mass is 262 g/mol. The van der Waals surface area contributed by atoms with E-state index in [0.717, 1.165) is 24.5 Å². The number of benzene rings is 1. The van der Waals surface area contributed by atoms with Crippen molar-refractivity contribution in [3.05, 3.63) is 24.3 Å². The van der Waals surface area contributed by atoms with Gasteiger partial charge in [-0.1, -0.05) is 26.0 Å². The van der Waals surface area contributed by atoms with E-state index in [4.69, 9.17) is 4.74 Å². The number of nitrogens with one attached hydrogen (secondary N) is 1. The van der Waals surface area contributed by atoms with Gasteiger partial charge in [0.1, 0.15) is 5.75 Å². The first kappa shape index (κ1) is 13.9. The minimum atomic E-state index is 0.0386. The molecule has 1 aromatic rings. The molecule has 2 rings (SSSR count). The highest BCUT2D eigenvalue weighted by Crippen LogP contribution is 2.31. The van der Waals surface area contributed by atoms with Gasteiger partial charge in [-0.3, -0.25) is 4.79 Å². The molecule has 1 aliphatic heterocycles. The van der Waals surface area contributed by atoms with Gasteiger partial charge in [0.2, 0.25) is 5.91 Å². The minimum absolute atomic E-state index is 0.0386. The van der Waals surface area contributed by atoms with Crippen LogP contribution in [0.1, 0.15) is 20.3 Å². The Hall–Kier alpha value is -1.55. The molecule has 1 amide bonds. The molecule has 0 radical (unpaired) electrons. The van der Waals surface area contributed by atoms with Gasteiger partial charge < -0.3 is 15.0 Å². The van der Waals surface area contributed by atoms with Crippen LogP contribution in [0.25, 0.3) is 0 Å². The van der Waals surface area contributed by atoms with Crippen LogP contribution in [0.3, 0.4) is 0 Å². The Balaban J connectivity index is 2.35. The number of hydrogen-bond acceptors (Lipinski definition) is 3. The Morgan fingerprint density at radius 1 is 1.32 bits per heavy atom. The van der Waals surface area contributed by atoms with Crippen LogP contribution in [-0.4, -0.2) is 32.7 Å². The predicted molar refractivity (Wildman–Crippen MR) is 76.6 cm³/mol. The summed E-state index contributed by atoms with van der Waals surface area (Å²) in [6, 6.07) is 7.70. The highest BCUT2D eigenvalue weighted by molar-refractivity contribution is 5.95. The Bertz CT molecular complexity index is 457. The van der Waals surface area contributed by atoms with Crippen molar-refractivity contribution in [2.45, 2.75) is 20.3 Å². The molecule has 0 unspecified atom stereocenters. The lowest BCUT2D eigenvalue weighted by molar-refractivity contribution is -0.119. The van der Waals surface area contributed by atoms with Crippen LogP contribution in [0.4, 0.5) is 5.69 Å². The summed E-state index contributed by atoms with van der Waals surface area (Å²) >= 11 is 0. The van der Waals surface area contributed by atoms with Gasteiger partial charge in [-0.25, -0.2) is 0 Å². The second-order valence-electron chi connectivity index (χ2n) is 5.74. The number of para-hydroxylation sites is 2. The van der Waals surface area contributed by atoms with Gasteiger partial charge in [-0.15, -0.1) is 0 Å². The van der Waals surface area contributed by atoms with E-state index in [1.165, 1.54) is 0 Å². The second kappa shape index (κ2) is 5.61. The number of anilines is 1. The smallest absolute Gasteiger partial charge is 0.228 e. The van der Waals surface area contributed by atoms with Gasteiger partial charge in [0, 0.05) is 26.1 Å². The number of amides is 1. The number of nitrogens with zero attached hydrogens (tertiary/aromatic N) is 1. The van der Waals surface area contributed by atoms with Crippen molar-refractivity contribution < 1.29 is 9.53 Å². The normalized spacial score (nSPS) is 19.7. The zero-order chi connectivity index (χ0) is 13.9. The van der Waals surface area contributed by atoms with Crippen molar-refractivity contribution in [3.63, 3.8) is 0 Å². The standard InChI is InChI=1S/C15H22N2O2/c1-15(2)10-16-9-8-14(18)17(11-15)12-6-4-5-7-13(12)19-3/h4-7,16H,8-11H2,1-3H3. The molecule has 1 aromatic carbocycles. The van der Waals surface area contributed by atoms with Crippen LogP contribution in [0.5, 0.6) is 5.75 Å². The largest absolute Gasteiger partial charge is 0.495 e. The van der Waals surface area contributed by atoms with Crippen LogP contribution in [0.2, 0.25) is 0 Å². The van der Waals surface area contributed by atoms with Gasteiger partial charge >= 0.3 is 0 Å². The van der Waals surface area contributed by atoms with E-state index in [9.17, 15) is 4.79 Å². The van der Waals surface area contributed by atoms with Gasteiger partial charge in [-0.2, -0.15) is 0 Å². The van der Waals surface area contributed by atoms with Crippen LogP contribution in [0.15, 0.2) is 24.3 Å². The maximum Gasteiger partial charge on any atom is 0.228 e. The number of rotatable bonds is 2. The Morgan fingerprint density at radius 2 is 2.05 bits per heavy atom. The van der Waals surface area contributed by atoms with Gasteiger partial charge in [0.25, 0.3) is 0 Å². The summed E-state index contributed by atoms with van der Waals surface area (Å²) < 4.78 is 5.38. The average molecular weight is 262 g/mol. The Kier molecular flexibility index (Phi) is 4.10. The van der Waals surface area contributed by atoms with E-state index < -0.39 is 0 Å². The van der Waals surface area contributed by atoms with E-state index in [2.05, 4.69) is 19.2 Å². The first-order valence-corrected chi connectivity index (χ1v) is 6.68. The van der Waals surface area contributed by atoms with Gasteiger partial charge in [-0.05, 0) is 17.5 Å². The molecule has 1 N–H and O–H groups in total. The second-order valence-corrected chi connectivity index (χ2v) is 5.74. The third-order valence-electron chi connectivity index (χ3n) is 3.38. The maximum absolute atomic E-state index is 12.4. The molecule has 1 fully saturated rings. The first-order chi connectivity index (χ1) is 9.03. The zero-order valence-corrected chi connectivity index (χ0v) is 11.9. The summed E-state index contributed by atoms with van der Waals surface area (Å²) in [5, 5.41) is 3.33. The van der Waals surface area contributed by atoms with Crippen molar-refractivity contribution >= 4 is 11.6 Å². The summed E-state index contributed by atoms with van der Waals surface area (Å²) in [4.78, 5) is 14.2. The zero-order valence-electron chi connectivity index (χ0n) is 11.9. The molecule has 4 heteroatoms. The van der Waals surface area contributed by atoms with E-state index in [1.54, 1.807) is 7.11 Å². The SMILES string of the molecule is COc1ccccc1N1CC(C)(C)CNCCC1=O. The Morgan fingerprint density at radius 3 is 2.79 bits per heavy atom. The summed E-state index contributed by atoms with van der Waals surface area (Å²) in [7, 11) is 1.64. The van der Waals surface area contributed by atoms with E-state index in [1.807, 2.05) is 29.2 Å². The minimum Gasteiger partial charge on any atom is -0.495 e. The van der Waals surface area contributed by atoms with E-state index in [0.29, 0.717) is 13.0 Å². The highest BCUT2D eigenvalue weighted by Gasteiger charge is 2.29. The lowest BCUT2D eigenvalue weighted by atomic mass is 9.91. The molecular weight excluding hydrogens is 240 g/mol. The lowest BCUT2D eigenvalue weighted by Gasteiger charge is -2.35. The van der Waals surface area contributed by atoms with Crippen molar-refractivity contribution in [2.75, 3.05) is 31.6 Å². The number of carbonyl (C=O) groups is 1. The molecule has 0 atom stereocenters. The fraction of sp³-hybridized carbons (Fsp3) is 0.533. The third-order valence-corrected chi connectivity index (χ3v) is 3.38.